The van der Waals surface area contributed by atoms with Gasteiger partial charge in [-0.15, -0.1) is 0 Å². The molecule has 0 saturated heterocycles. The summed E-state index contributed by atoms with van der Waals surface area (Å²) < 4.78 is 10.8. The van der Waals surface area contributed by atoms with Crippen LogP contribution in [0.1, 0.15) is 22.8 Å². The molecule has 0 unspecified atom stereocenters. The highest BCUT2D eigenvalue weighted by Gasteiger charge is 2.14. The number of carbonyl (C=O) groups excluding carboxylic acids is 1. The third-order valence-corrected chi connectivity index (χ3v) is 2.61. The van der Waals surface area contributed by atoms with Gasteiger partial charge in [0.1, 0.15) is 17.1 Å². The summed E-state index contributed by atoms with van der Waals surface area (Å²) in [6.45, 7) is 4.34. The molecular formula is C16H16O3. The van der Waals surface area contributed by atoms with E-state index in [0.29, 0.717) is 23.7 Å². The van der Waals surface area contributed by atoms with Gasteiger partial charge in [-0.05, 0) is 43.7 Å². The number of carbonyl (C=O) groups is 1. The Balaban J connectivity index is 2.20. The Bertz CT molecular complexity index is 576. The molecule has 0 aliphatic rings. The molecule has 0 aliphatic carbocycles. The van der Waals surface area contributed by atoms with Gasteiger partial charge in [0, 0.05) is 0 Å². The molecular weight excluding hydrogens is 240 g/mol. The number of rotatable bonds is 4. The molecule has 0 spiro atoms. The number of esters is 1. The normalized spacial score (nSPS) is 10.0. The van der Waals surface area contributed by atoms with Crippen LogP contribution in [0.15, 0.2) is 48.5 Å². The molecule has 98 valence electrons. The van der Waals surface area contributed by atoms with Crippen LogP contribution in [0.5, 0.6) is 11.5 Å². The van der Waals surface area contributed by atoms with E-state index in [1.165, 1.54) is 0 Å². The van der Waals surface area contributed by atoms with Crippen molar-refractivity contribution in [1.29, 1.82) is 0 Å². The van der Waals surface area contributed by atoms with Crippen LogP contribution in [-0.2, 0) is 0 Å². The molecule has 2 aromatic carbocycles. The minimum absolute atomic E-state index is 0.408. The van der Waals surface area contributed by atoms with Gasteiger partial charge in [0.25, 0.3) is 0 Å². The number of para-hydroxylation sites is 1. The van der Waals surface area contributed by atoms with Crippen LogP contribution in [0.2, 0.25) is 0 Å². The SMILES string of the molecule is CCOc1ccccc1C(=O)Oc1cccc(C)c1. The zero-order valence-corrected chi connectivity index (χ0v) is 11.1. The van der Waals surface area contributed by atoms with Crippen molar-refractivity contribution in [3.63, 3.8) is 0 Å². The Morgan fingerprint density at radius 2 is 1.89 bits per heavy atom. The molecule has 0 atom stereocenters. The van der Waals surface area contributed by atoms with Crippen LogP contribution in [0.25, 0.3) is 0 Å². The fraction of sp³-hybridized carbons (Fsp3) is 0.188. The van der Waals surface area contributed by atoms with Crippen molar-refractivity contribution < 1.29 is 14.3 Å². The van der Waals surface area contributed by atoms with Gasteiger partial charge in [0.2, 0.25) is 0 Å². The average molecular weight is 256 g/mol. The first kappa shape index (κ1) is 13.1. The van der Waals surface area contributed by atoms with Crippen molar-refractivity contribution in [2.24, 2.45) is 0 Å². The maximum Gasteiger partial charge on any atom is 0.347 e. The van der Waals surface area contributed by atoms with Gasteiger partial charge < -0.3 is 9.47 Å². The second-order valence-electron chi connectivity index (χ2n) is 4.14. The van der Waals surface area contributed by atoms with Crippen molar-refractivity contribution >= 4 is 5.97 Å². The lowest BCUT2D eigenvalue weighted by molar-refractivity contribution is 0.0730. The fourth-order valence-electron chi connectivity index (χ4n) is 1.76. The number of benzene rings is 2. The Morgan fingerprint density at radius 3 is 2.63 bits per heavy atom. The smallest absolute Gasteiger partial charge is 0.347 e. The summed E-state index contributed by atoms with van der Waals surface area (Å²) in [6, 6.07) is 14.5. The largest absolute Gasteiger partial charge is 0.493 e. The van der Waals surface area contributed by atoms with Crippen LogP contribution < -0.4 is 9.47 Å². The van der Waals surface area contributed by atoms with Crippen LogP contribution in [0, 0.1) is 6.92 Å². The lowest BCUT2D eigenvalue weighted by atomic mass is 10.2. The molecule has 0 N–H and O–H groups in total. The lowest BCUT2D eigenvalue weighted by Gasteiger charge is -2.09. The molecule has 0 amide bonds. The molecule has 19 heavy (non-hydrogen) atoms. The summed E-state index contributed by atoms with van der Waals surface area (Å²) in [5.41, 5.74) is 1.48. The first-order valence-corrected chi connectivity index (χ1v) is 6.21. The van der Waals surface area contributed by atoms with Crippen molar-refractivity contribution in [3.8, 4) is 11.5 Å². The summed E-state index contributed by atoms with van der Waals surface area (Å²) in [5.74, 6) is 0.675. The van der Waals surface area contributed by atoms with Crippen molar-refractivity contribution in [2.75, 3.05) is 6.61 Å². The van der Waals surface area contributed by atoms with Gasteiger partial charge in [-0.3, -0.25) is 0 Å². The van der Waals surface area contributed by atoms with E-state index in [0.717, 1.165) is 5.56 Å². The standard InChI is InChI=1S/C16H16O3/c1-3-18-15-10-5-4-9-14(15)16(17)19-13-8-6-7-12(2)11-13/h4-11H,3H2,1-2H3. The van der Waals surface area contributed by atoms with Gasteiger partial charge in [0.05, 0.1) is 6.61 Å². The molecule has 2 aromatic rings. The van der Waals surface area contributed by atoms with Crippen LogP contribution in [0.3, 0.4) is 0 Å². The molecule has 0 saturated carbocycles. The fourth-order valence-corrected chi connectivity index (χ4v) is 1.76. The number of ether oxygens (including phenoxy) is 2. The molecule has 0 aliphatic heterocycles. The second-order valence-corrected chi connectivity index (χ2v) is 4.14. The predicted molar refractivity (Wildman–Crippen MR) is 73.7 cm³/mol. The topological polar surface area (TPSA) is 35.5 Å². The highest BCUT2D eigenvalue weighted by Crippen LogP contribution is 2.21. The average Bonchev–Trinajstić information content (AvgIpc) is 2.39. The molecule has 3 nitrogen and oxygen atoms in total. The zero-order valence-electron chi connectivity index (χ0n) is 11.1. The van der Waals surface area contributed by atoms with E-state index in [9.17, 15) is 4.79 Å². The number of hydrogen-bond acceptors (Lipinski definition) is 3. The Hall–Kier alpha value is -2.29. The van der Waals surface area contributed by atoms with Gasteiger partial charge in [-0.2, -0.15) is 0 Å². The summed E-state index contributed by atoms with van der Waals surface area (Å²) in [4.78, 5) is 12.1. The molecule has 0 bridgehead atoms. The van der Waals surface area contributed by atoms with E-state index in [4.69, 9.17) is 9.47 Å². The Morgan fingerprint density at radius 1 is 1.11 bits per heavy atom. The lowest BCUT2D eigenvalue weighted by Crippen LogP contribution is -2.10. The highest BCUT2D eigenvalue weighted by molar-refractivity contribution is 5.93. The van der Waals surface area contributed by atoms with Gasteiger partial charge >= 0.3 is 5.97 Å². The van der Waals surface area contributed by atoms with Crippen molar-refractivity contribution in [1.82, 2.24) is 0 Å². The Kier molecular flexibility index (Phi) is 4.18. The van der Waals surface area contributed by atoms with Gasteiger partial charge in [-0.1, -0.05) is 24.3 Å². The third kappa shape index (κ3) is 3.35. The first-order chi connectivity index (χ1) is 9.20. The molecule has 0 fully saturated rings. The zero-order chi connectivity index (χ0) is 13.7. The molecule has 0 radical (unpaired) electrons. The minimum atomic E-state index is -0.408. The van der Waals surface area contributed by atoms with Crippen LogP contribution >= 0.6 is 0 Å². The molecule has 2 rings (SSSR count). The van der Waals surface area contributed by atoms with E-state index in [-0.39, 0.29) is 0 Å². The number of aryl methyl sites for hydroxylation is 1. The molecule has 3 heteroatoms. The van der Waals surface area contributed by atoms with Gasteiger partial charge in [0.15, 0.2) is 0 Å². The summed E-state index contributed by atoms with van der Waals surface area (Å²) >= 11 is 0. The van der Waals surface area contributed by atoms with Gasteiger partial charge in [-0.25, -0.2) is 4.79 Å². The van der Waals surface area contributed by atoms with Crippen LogP contribution in [0.4, 0.5) is 0 Å². The minimum Gasteiger partial charge on any atom is -0.493 e. The first-order valence-electron chi connectivity index (χ1n) is 6.21. The van der Waals surface area contributed by atoms with E-state index in [1.807, 2.05) is 38.1 Å². The quantitative estimate of drug-likeness (QED) is 0.619. The Labute approximate surface area is 112 Å². The summed E-state index contributed by atoms with van der Waals surface area (Å²) in [5, 5.41) is 0. The predicted octanol–water partition coefficient (Wildman–Crippen LogP) is 3.61. The number of hydrogen-bond donors (Lipinski definition) is 0. The van der Waals surface area contributed by atoms with Crippen molar-refractivity contribution in [3.05, 3.63) is 59.7 Å². The monoisotopic (exact) mass is 256 g/mol. The van der Waals surface area contributed by atoms with E-state index < -0.39 is 5.97 Å². The summed E-state index contributed by atoms with van der Waals surface area (Å²) in [6.07, 6.45) is 0. The van der Waals surface area contributed by atoms with Crippen LogP contribution in [-0.4, -0.2) is 12.6 Å². The molecule has 0 heterocycles. The third-order valence-electron chi connectivity index (χ3n) is 2.61. The van der Waals surface area contributed by atoms with E-state index in [2.05, 4.69) is 0 Å². The maximum absolute atomic E-state index is 12.1. The van der Waals surface area contributed by atoms with Crippen molar-refractivity contribution in [2.45, 2.75) is 13.8 Å². The van der Waals surface area contributed by atoms with E-state index >= 15 is 0 Å². The maximum atomic E-state index is 12.1. The second kappa shape index (κ2) is 6.05. The molecule has 0 aromatic heterocycles. The van der Waals surface area contributed by atoms with E-state index in [1.54, 1.807) is 24.3 Å². The summed E-state index contributed by atoms with van der Waals surface area (Å²) in [7, 11) is 0. The highest BCUT2D eigenvalue weighted by atomic mass is 16.5.